The highest BCUT2D eigenvalue weighted by Crippen LogP contribution is 2.37. The molecule has 1 N–H and O–H groups in total. The summed E-state index contributed by atoms with van der Waals surface area (Å²) in [4.78, 5) is 43.8. The molecular weight excluding hydrogens is 648 g/mol. The molecule has 12 heteroatoms. The molecule has 5 rings (SSSR count). The summed E-state index contributed by atoms with van der Waals surface area (Å²) in [7, 11) is 1.54. The molecule has 2 heterocycles. The van der Waals surface area contributed by atoms with Crippen LogP contribution in [-0.2, 0) is 16.1 Å². The third-order valence-electron chi connectivity index (χ3n) is 7.54. The van der Waals surface area contributed by atoms with E-state index in [1.54, 1.807) is 56.3 Å². The van der Waals surface area contributed by atoms with Crippen LogP contribution in [0.15, 0.2) is 81.7 Å². The molecule has 1 atom stereocenters. The van der Waals surface area contributed by atoms with Gasteiger partial charge in [-0.3, -0.25) is 9.36 Å². The Kier molecular flexibility index (Phi) is 10.9. The molecule has 0 spiro atoms. The van der Waals surface area contributed by atoms with E-state index in [9.17, 15) is 14.4 Å². The van der Waals surface area contributed by atoms with Gasteiger partial charge in [0, 0.05) is 0 Å². The third-order valence-corrected chi connectivity index (χ3v) is 8.53. The number of ether oxygens (including phenoxy) is 5. The van der Waals surface area contributed by atoms with Crippen molar-refractivity contribution in [3.63, 3.8) is 0 Å². The van der Waals surface area contributed by atoms with E-state index in [1.807, 2.05) is 32.9 Å². The Morgan fingerprint density at radius 3 is 2.35 bits per heavy atom. The first-order chi connectivity index (χ1) is 23.5. The molecule has 1 aromatic heterocycles. The van der Waals surface area contributed by atoms with Gasteiger partial charge in [0.2, 0.25) is 0 Å². The van der Waals surface area contributed by atoms with Gasteiger partial charge in [0.05, 0.1) is 53.8 Å². The Hall–Kier alpha value is -5.36. The number of allylic oxidation sites excluding steroid dienone is 1. The van der Waals surface area contributed by atoms with Gasteiger partial charge < -0.3 is 28.8 Å². The monoisotopic (exact) mass is 686 g/mol. The lowest BCUT2D eigenvalue weighted by Gasteiger charge is -2.25. The molecule has 0 saturated heterocycles. The summed E-state index contributed by atoms with van der Waals surface area (Å²) in [5.74, 6) is 0.441. The fraction of sp³-hybridized carbons (Fsp3) is 0.297. The highest BCUT2D eigenvalue weighted by molar-refractivity contribution is 7.07. The fourth-order valence-corrected chi connectivity index (χ4v) is 6.42. The number of methoxy groups -OCH3 is 1. The van der Waals surface area contributed by atoms with Crippen molar-refractivity contribution in [3.05, 3.63) is 114 Å². The van der Waals surface area contributed by atoms with Gasteiger partial charge in [0.1, 0.15) is 6.61 Å². The van der Waals surface area contributed by atoms with Crippen LogP contribution in [0.25, 0.3) is 6.08 Å². The number of rotatable bonds is 13. The molecule has 0 radical (unpaired) electrons. The predicted molar refractivity (Wildman–Crippen MR) is 185 cm³/mol. The van der Waals surface area contributed by atoms with Crippen LogP contribution < -0.4 is 33.8 Å². The molecule has 0 bridgehead atoms. The zero-order valence-electron chi connectivity index (χ0n) is 28.1. The van der Waals surface area contributed by atoms with Crippen molar-refractivity contribution in [2.45, 2.75) is 53.4 Å². The van der Waals surface area contributed by atoms with E-state index in [0.717, 1.165) is 5.56 Å². The first-order valence-corrected chi connectivity index (χ1v) is 16.6. The van der Waals surface area contributed by atoms with E-state index in [1.165, 1.54) is 35.1 Å². The van der Waals surface area contributed by atoms with Crippen LogP contribution in [0.3, 0.4) is 0 Å². The number of hydrogen-bond acceptors (Lipinski definition) is 10. The van der Waals surface area contributed by atoms with Crippen molar-refractivity contribution in [3.8, 4) is 23.0 Å². The summed E-state index contributed by atoms with van der Waals surface area (Å²) >= 11 is 1.21. The van der Waals surface area contributed by atoms with Gasteiger partial charge in [-0.05, 0) is 93.8 Å². The van der Waals surface area contributed by atoms with Gasteiger partial charge in [-0.15, -0.1) is 0 Å². The highest BCUT2D eigenvalue weighted by Gasteiger charge is 2.34. The summed E-state index contributed by atoms with van der Waals surface area (Å²) in [5.41, 5.74) is 2.71. The van der Waals surface area contributed by atoms with Gasteiger partial charge >= 0.3 is 11.9 Å². The number of aromatic nitrogens is 1. The van der Waals surface area contributed by atoms with Crippen LogP contribution in [0.1, 0.15) is 67.7 Å². The average Bonchev–Trinajstić information content (AvgIpc) is 3.37. The molecule has 4 aromatic rings. The second kappa shape index (κ2) is 15.2. The van der Waals surface area contributed by atoms with Crippen molar-refractivity contribution in [2.75, 3.05) is 20.3 Å². The van der Waals surface area contributed by atoms with Crippen molar-refractivity contribution in [2.24, 2.45) is 4.99 Å². The molecule has 0 amide bonds. The number of carbonyl (C=O) groups excluding carboxylic acids is 1. The summed E-state index contributed by atoms with van der Waals surface area (Å²) < 4.78 is 30.8. The van der Waals surface area contributed by atoms with Crippen LogP contribution in [-0.4, -0.2) is 48.0 Å². The summed E-state index contributed by atoms with van der Waals surface area (Å²) in [6.45, 7) is 9.90. The zero-order valence-corrected chi connectivity index (χ0v) is 29.0. The summed E-state index contributed by atoms with van der Waals surface area (Å²) in [6, 6.07) is 16.3. The Morgan fingerprint density at radius 2 is 1.69 bits per heavy atom. The van der Waals surface area contributed by atoms with E-state index in [-0.39, 0.29) is 36.0 Å². The lowest BCUT2D eigenvalue weighted by atomic mass is 9.95. The Morgan fingerprint density at radius 1 is 0.959 bits per heavy atom. The summed E-state index contributed by atoms with van der Waals surface area (Å²) in [6.07, 6.45) is 1.66. The third kappa shape index (κ3) is 7.70. The minimum atomic E-state index is -0.995. The maximum absolute atomic E-state index is 14.2. The standard InChI is InChI=1S/C37H38N2O9S/c1-7-45-30-17-24(11-15-27(30)47-20-23-9-12-25(13-10-23)35(41)42)18-31-34(40)39-33(26-14-16-28(48-21(3)4)29(19-26)44-6)32(36(43)46-8-2)22(5)38-37(39)49-31/h9-19,21,33H,7-8,20H2,1-6H3,(H,41,42)/b31-18-/t33-/m0/s1. The van der Waals surface area contributed by atoms with Gasteiger partial charge in [-0.25, -0.2) is 14.6 Å². The van der Waals surface area contributed by atoms with E-state index in [0.29, 0.717) is 55.8 Å². The number of esters is 1. The average molecular weight is 687 g/mol. The topological polar surface area (TPSA) is 135 Å². The molecule has 3 aromatic carbocycles. The number of benzene rings is 3. The van der Waals surface area contributed by atoms with Gasteiger partial charge in [-0.2, -0.15) is 0 Å². The van der Waals surface area contributed by atoms with Gasteiger partial charge in [0.15, 0.2) is 27.8 Å². The molecule has 49 heavy (non-hydrogen) atoms. The van der Waals surface area contributed by atoms with Crippen LogP contribution in [0.2, 0.25) is 0 Å². The molecule has 0 saturated carbocycles. The van der Waals surface area contributed by atoms with Gasteiger partial charge in [0.25, 0.3) is 5.56 Å². The molecule has 256 valence electrons. The molecule has 1 aliphatic rings. The molecule has 0 unspecified atom stereocenters. The number of nitrogens with zero attached hydrogens (tertiary/aromatic N) is 2. The molecular formula is C37H38N2O9S. The van der Waals surface area contributed by atoms with Crippen molar-refractivity contribution in [1.29, 1.82) is 0 Å². The number of carbonyl (C=O) groups is 2. The lowest BCUT2D eigenvalue weighted by molar-refractivity contribution is -0.139. The smallest absolute Gasteiger partial charge is 0.338 e. The summed E-state index contributed by atoms with van der Waals surface area (Å²) in [5, 5.41) is 9.15. The number of thiazole rings is 1. The number of aromatic carboxylic acids is 1. The lowest BCUT2D eigenvalue weighted by Crippen LogP contribution is -2.40. The van der Waals surface area contributed by atoms with Gasteiger partial charge in [-0.1, -0.05) is 35.6 Å². The fourth-order valence-electron chi connectivity index (χ4n) is 5.37. The maximum atomic E-state index is 14.2. The minimum absolute atomic E-state index is 0.0867. The number of carboxylic acid groups (broad SMARTS) is 1. The van der Waals surface area contributed by atoms with Crippen LogP contribution in [0.4, 0.5) is 0 Å². The van der Waals surface area contributed by atoms with E-state index < -0.39 is 18.0 Å². The zero-order chi connectivity index (χ0) is 35.2. The van der Waals surface area contributed by atoms with Crippen molar-refractivity contribution >= 4 is 29.4 Å². The predicted octanol–water partition coefficient (Wildman–Crippen LogP) is 5.27. The Balaban J connectivity index is 1.54. The first-order valence-electron chi connectivity index (χ1n) is 15.8. The highest BCUT2D eigenvalue weighted by atomic mass is 32.1. The Bertz CT molecular complexity index is 2080. The number of fused-ring (bicyclic) bond motifs is 1. The SMILES string of the molecule is CCOC(=O)C1=C(C)N=c2s/c(=C\c3ccc(OCc4ccc(C(=O)O)cc4)c(OCC)c3)c(=O)n2[C@H]1c1ccc(OC(C)C)c(OC)c1. The van der Waals surface area contributed by atoms with E-state index in [2.05, 4.69) is 4.99 Å². The maximum Gasteiger partial charge on any atom is 0.338 e. The van der Waals surface area contributed by atoms with Crippen LogP contribution in [0.5, 0.6) is 23.0 Å². The van der Waals surface area contributed by atoms with Crippen molar-refractivity contribution < 1.29 is 38.4 Å². The van der Waals surface area contributed by atoms with Crippen molar-refractivity contribution in [1.82, 2.24) is 4.57 Å². The minimum Gasteiger partial charge on any atom is -0.493 e. The largest absolute Gasteiger partial charge is 0.493 e. The van der Waals surface area contributed by atoms with E-state index >= 15 is 0 Å². The number of hydrogen-bond donors (Lipinski definition) is 1. The van der Waals surface area contributed by atoms with Crippen LogP contribution >= 0.6 is 11.3 Å². The molecule has 0 fully saturated rings. The van der Waals surface area contributed by atoms with E-state index in [4.69, 9.17) is 28.8 Å². The molecule has 0 aliphatic carbocycles. The number of carboxylic acids is 1. The Labute approximate surface area is 287 Å². The molecule has 1 aliphatic heterocycles. The first kappa shape index (κ1) is 35.0. The molecule has 11 nitrogen and oxygen atoms in total. The second-order valence-electron chi connectivity index (χ2n) is 11.3. The second-order valence-corrected chi connectivity index (χ2v) is 12.3. The van der Waals surface area contributed by atoms with Crippen LogP contribution in [0, 0.1) is 0 Å². The quantitative estimate of drug-likeness (QED) is 0.187. The normalized spacial score (nSPS) is 14.3.